The number of halogens is 3. The summed E-state index contributed by atoms with van der Waals surface area (Å²) in [5, 5.41) is 0. The molecule has 0 spiro atoms. The van der Waals surface area contributed by atoms with E-state index in [1.807, 2.05) is 19.1 Å². The Morgan fingerprint density at radius 3 is 2.38 bits per heavy atom. The maximum Gasteiger partial charge on any atom is 0.156 e. The van der Waals surface area contributed by atoms with Crippen LogP contribution in [0.2, 0.25) is 0 Å². The molecule has 0 heterocycles. The standard InChI is InChI=1S/C9H9Br2ClO/c1-6(10)8(13)7-2-4-9(11,12)5-3-7/h2-7H,1H3. The van der Waals surface area contributed by atoms with Gasteiger partial charge in [-0.15, -0.1) is 0 Å². The number of alkyl halides is 3. The minimum absolute atomic E-state index is 0.120. The van der Waals surface area contributed by atoms with E-state index in [0.717, 1.165) is 0 Å². The fourth-order valence-corrected chi connectivity index (χ4v) is 1.79. The van der Waals surface area contributed by atoms with E-state index < -0.39 is 3.78 Å². The van der Waals surface area contributed by atoms with Gasteiger partial charge in [0.2, 0.25) is 0 Å². The highest BCUT2D eigenvalue weighted by atomic mass is 79.9. The van der Waals surface area contributed by atoms with Crippen LogP contribution >= 0.6 is 43.5 Å². The van der Waals surface area contributed by atoms with Gasteiger partial charge in [-0.25, -0.2) is 0 Å². The first-order valence-electron chi connectivity index (χ1n) is 3.87. The van der Waals surface area contributed by atoms with Crippen molar-refractivity contribution in [2.24, 2.45) is 5.92 Å². The van der Waals surface area contributed by atoms with Gasteiger partial charge in [-0.1, -0.05) is 67.8 Å². The number of hydrogen-bond donors (Lipinski definition) is 0. The molecule has 1 aliphatic carbocycles. The van der Waals surface area contributed by atoms with Crippen LogP contribution in [-0.2, 0) is 4.79 Å². The highest BCUT2D eigenvalue weighted by Crippen LogP contribution is 2.32. The summed E-state index contributed by atoms with van der Waals surface area (Å²) in [6, 6.07) is 0. The molecule has 0 aromatic carbocycles. The molecule has 72 valence electrons. The molecule has 0 radical (unpaired) electrons. The van der Waals surface area contributed by atoms with Crippen LogP contribution in [0.25, 0.3) is 0 Å². The van der Waals surface area contributed by atoms with Crippen molar-refractivity contribution in [3.8, 4) is 0 Å². The largest absolute Gasteiger partial charge is 0.297 e. The first kappa shape index (κ1) is 11.5. The topological polar surface area (TPSA) is 17.1 Å². The lowest BCUT2D eigenvalue weighted by atomic mass is 9.97. The second kappa shape index (κ2) is 4.28. The number of allylic oxidation sites excluding steroid dienone is 4. The first-order chi connectivity index (χ1) is 5.92. The van der Waals surface area contributed by atoms with Crippen LogP contribution in [0.4, 0.5) is 0 Å². The summed E-state index contributed by atoms with van der Waals surface area (Å²) in [4.78, 5) is 11.4. The minimum atomic E-state index is -0.612. The molecule has 0 aromatic rings. The molecule has 0 N–H and O–H groups in total. The summed E-state index contributed by atoms with van der Waals surface area (Å²) in [5.41, 5.74) is 0. The van der Waals surface area contributed by atoms with Gasteiger partial charge in [0.25, 0.3) is 0 Å². The normalized spacial score (nSPS) is 34.6. The minimum Gasteiger partial charge on any atom is -0.297 e. The van der Waals surface area contributed by atoms with E-state index in [2.05, 4.69) is 31.9 Å². The van der Waals surface area contributed by atoms with Gasteiger partial charge in [-0.2, -0.15) is 0 Å². The van der Waals surface area contributed by atoms with Crippen LogP contribution < -0.4 is 0 Å². The third kappa shape index (κ3) is 3.22. The summed E-state index contributed by atoms with van der Waals surface area (Å²) < 4.78 is -0.612. The Morgan fingerprint density at radius 1 is 1.54 bits per heavy atom. The third-order valence-corrected chi connectivity index (χ3v) is 3.00. The summed E-state index contributed by atoms with van der Waals surface area (Å²) >= 11 is 12.5. The second-order valence-corrected chi connectivity index (χ2v) is 6.70. The van der Waals surface area contributed by atoms with E-state index in [-0.39, 0.29) is 16.5 Å². The maximum absolute atomic E-state index is 11.5. The molecule has 1 unspecified atom stereocenters. The molecule has 0 saturated carbocycles. The molecule has 1 atom stereocenters. The highest BCUT2D eigenvalue weighted by Gasteiger charge is 2.24. The van der Waals surface area contributed by atoms with Crippen LogP contribution in [0.5, 0.6) is 0 Å². The molecule has 13 heavy (non-hydrogen) atoms. The fourth-order valence-electron chi connectivity index (χ4n) is 1.04. The smallest absolute Gasteiger partial charge is 0.156 e. The lowest BCUT2D eigenvalue weighted by molar-refractivity contribution is -0.119. The molecule has 0 bridgehead atoms. The van der Waals surface area contributed by atoms with Gasteiger partial charge >= 0.3 is 0 Å². The number of ketones is 1. The van der Waals surface area contributed by atoms with Gasteiger partial charge in [-0.3, -0.25) is 4.79 Å². The summed E-state index contributed by atoms with van der Waals surface area (Å²) in [6.07, 6.45) is 7.16. The predicted octanol–water partition coefficient (Wildman–Crippen LogP) is 3.41. The van der Waals surface area contributed by atoms with Gasteiger partial charge in [0, 0.05) is 0 Å². The molecule has 1 aliphatic rings. The molecule has 1 nitrogen and oxygen atoms in total. The molecule has 4 heteroatoms. The summed E-state index contributed by atoms with van der Waals surface area (Å²) in [7, 11) is 0. The van der Waals surface area contributed by atoms with Crippen LogP contribution in [-0.4, -0.2) is 14.4 Å². The molecule has 0 fully saturated rings. The van der Waals surface area contributed by atoms with E-state index in [1.165, 1.54) is 0 Å². The zero-order valence-corrected chi connectivity index (χ0v) is 10.9. The van der Waals surface area contributed by atoms with Crippen molar-refractivity contribution >= 4 is 49.2 Å². The van der Waals surface area contributed by atoms with Crippen molar-refractivity contribution in [2.45, 2.75) is 15.5 Å². The Morgan fingerprint density at radius 2 is 2.00 bits per heavy atom. The van der Waals surface area contributed by atoms with Crippen molar-refractivity contribution in [3.63, 3.8) is 0 Å². The van der Waals surface area contributed by atoms with Crippen LogP contribution in [0.3, 0.4) is 0 Å². The zero-order valence-electron chi connectivity index (χ0n) is 7.01. The third-order valence-electron chi connectivity index (χ3n) is 1.77. The van der Waals surface area contributed by atoms with Crippen molar-refractivity contribution < 1.29 is 4.79 Å². The van der Waals surface area contributed by atoms with Crippen molar-refractivity contribution in [2.75, 3.05) is 0 Å². The molecule has 0 amide bonds. The van der Waals surface area contributed by atoms with E-state index in [1.54, 1.807) is 12.2 Å². The molecule has 0 aliphatic heterocycles. The number of hydrogen-bond acceptors (Lipinski definition) is 1. The second-order valence-electron chi connectivity index (χ2n) is 2.94. The van der Waals surface area contributed by atoms with Crippen LogP contribution in [0, 0.1) is 5.92 Å². The summed E-state index contributed by atoms with van der Waals surface area (Å²) in [5.74, 6) is -0.00836. The molecular weight excluding hydrogens is 319 g/mol. The number of carbonyl (C=O) groups is 1. The Bertz CT molecular complexity index is 253. The Labute approximate surface area is 99.5 Å². The zero-order chi connectivity index (χ0) is 10.1. The Kier molecular flexibility index (Phi) is 3.78. The number of carbonyl (C=O) groups excluding carboxylic acids is 1. The first-order valence-corrected chi connectivity index (χ1v) is 5.95. The van der Waals surface area contributed by atoms with E-state index in [4.69, 9.17) is 11.6 Å². The van der Waals surface area contributed by atoms with Gasteiger partial charge in [0.05, 0.1) is 10.7 Å². The maximum atomic E-state index is 11.5. The lowest BCUT2D eigenvalue weighted by Crippen LogP contribution is -2.22. The van der Waals surface area contributed by atoms with Crippen molar-refractivity contribution in [1.29, 1.82) is 0 Å². The average molecular weight is 328 g/mol. The van der Waals surface area contributed by atoms with Gasteiger partial charge < -0.3 is 0 Å². The summed E-state index contributed by atoms with van der Waals surface area (Å²) in [6.45, 7) is 1.82. The highest BCUT2D eigenvalue weighted by molar-refractivity contribution is 9.10. The molecular formula is C9H9Br2ClO. The Hall–Kier alpha value is 0.400. The van der Waals surface area contributed by atoms with E-state index in [0.29, 0.717) is 0 Å². The number of rotatable bonds is 2. The van der Waals surface area contributed by atoms with E-state index >= 15 is 0 Å². The fraction of sp³-hybridized carbons (Fsp3) is 0.444. The molecule has 0 aromatic heterocycles. The van der Waals surface area contributed by atoms with E-state index in [9.17, 15) is 4.79 Å². The van der Waals surface area contributed by atoms with Gasteiger partial charge in [-0.05, 0) is 6.92 Å². The van der Waals surface area contributed by atoms with Gasteiger partial charge in [0.15, 0.2) is 5.78 Å². The Balaban J connectivity index is 2.70. The van der Waals surface area contributed by atoms with Crippen molar-refractivity contribution in [1.82, 2.24) is 0 Å². The lowest BCUT2D eigenvalue weighted by Gasteiger charge is -2.18. The number of Topliss-reactive ketones (excluding diaryl/α,β-unsaturated/α-hetero) is 1. The average Bonchev–Trinajstić information content (AvgIpc) is 2.03. The van der Waals surface area contributed by atoms with Crippen LogP contribution in [0.15, 0.2) is 24.3 Å². The quantitative estimate of drug-likeness (QED) is 0.561. The van der Waals surface area contributed by atoms with Crippen molar-refractivity contribution in [3.05, 3.63) is 24.3 Å². The monoisotopic (exact) mass is 326 g/mol. The molecule has 1 rings (SSSR count). The van der Waals surface area contributed by atoms with Crippen LogP contribution in [0.1, 0.15) is 6.92 Å². The predicted molar refractivity (Wildman–Crippen MR) is 62.7 cm³/mol. The SMILES string of the molecule is CC(Br)C(=O)C1C=CC(Cl)(Br)C=C1. The molecule has 0 saturated heterocycles. The van der Waals surface area contributed by atoms with Gasteiger partial charge in [0.1, 0.15) is 3.78 Å².